The Balaban J connectivity index is 2.70. The minimum Gasteiger partial charge on any atom is -0.396 e. The molecule has 2 unspecified atom stereocenters. The van der Waals surface area contributed by atoms with Crippen molar-refractivity contribution in [1.82, 2.24) is 4.90 Å². The quantitative estimate of drug-likeness (QED) is 0.711. The van der Waals surface area contributed by atoms with Gasteiger partial charge in [0.15, 0.2) is 0 Å². The Kier molecular flexibility index (Phi) is 6.99. The van der Waals surface area contributed by atoms with Gasteiger partial charge in [-0.1, -0.05) is 18.2 Å². The fourth-order valence-electron chi connectivity index (χ4n) is 2.43. The predicted molar refractivity (Wildman–Crippen MR) is 76.4 cm³/mol. The first-order chi connectivity index (χ1) is 9.07. The first-order valence-electron chi connectivity index (χ1n) is 6.89. The van der Waals surface area contributed by atoms with Gasteiger partial charge in [-0.25, -0.2) is 4.39 Å². The number of aliphatic hydroxyl groups excluding tert-OH is 1. The molecule has 0 aromatic heterocycles. The van der Waals surface area contributed by atoms with Crippen molar-refractivity contribution in [3.05, 3.63) is 35.6 Å². The van der Waals surface area contributed by atoms with E-state index in [0.29, 0.717) is 5.56 Å². The summed E-state index contributed by atoms with van der Waals surface area (Å²) in [4.78, 5) is 2.10. The average Bonchev–Trinajstić information content (AvgIpc) is 2.37. The van der Waals surface area contributed by atoms with Gasteiger partial charge in [-0.3, -0.25) is 4.90 Å². The lowest BCUT2D eigenvalue weighted by Crippen LogP contribution is -2.38. The molecule has 19 heavy (non-hydrogen) atoms. The molecule has 0 bridgehead atoms. The second-order valence-electron chi connectivity index (χ2n) is 5.09. The average molecular weight is 268 g/mol. The molecule has 0 fully saturated rings. The van der Waals surface area contributed by atoms with Crippen LogP contribution in [0.1, 0.15) is 37.8 Å². The molecule has 0 aliphatic rings. The van der Waals surface area contributed by atoms with E-state index in [1.54, 1.807) is 12.1 Å². The number of unbranched alkanes of at least 4 members (excludes halogenated alkanes) is 2. The Morgan fingerprint density at radius 3 is 2.53 bits per heavy atom. The van der Waals surface area contributed by atoms with Gasteiger partial charge in [0.1, 0.15) is 5.82 Å². The highest BCUT2D eigenvalue weighted by Crippen LogP contribution is 2.25. The Labute approximate surface area is 115 Å². The van der Waals surface area contributed by atoms with E-state index in [2.05, 4.69) is 4.90 Å². The molecule has 0 aliphatic carbocycles. The number of aliphatic hydroxyl groups is 1. The molecule has 2 atom stereocenters. The van der Waals surface area contributed by atoms with Crippen molar-refractivity contribution in [3.8, 4) is 0 Å². The SMILES string of the molecule is CC(N)C(c1ccccc1F)N(C)CCCCCO. The predicted octanol–water partition coefficient (Wildman–Crippen LogP) is 2.31. The van der Waals surface area contributed by atoms with Gasteiger partial charge in [0.2, 0.25) is 0 Å². The highest BCUT2D eigenvalue weighted by Gasteiger charge is 2.23. The van der Waals surface area contributed by atoms with E-state index in [0.717, 1.165) is 25.8 Å². The summed E-state index contributed by atoms with van der Waals surface area (Å²) in [7, 11) is 1.97. The van der Waals surface area contributed by atoms with Crippen LogP contribution in [0.4, 0.5) is 4.39 Å². The normalized spacial score (nSPS) is 14.6. The van der Waals surface area contributed by atoms with Gasteiger partial charge in [0.25, 0.3) is 0 Å². The van der Waals surface area contributed by atoms with Crippen molar-refractivity contribution in [1.29, 1.82) is 0 Å². The number of likely N-dealkylation sites (N-methyl/N-ethyl adjacent to an activating group) is 1. The molecular formula is C15H25FN2O. The summed E-state index contributed by atoms with van der Waals surface area (Å²) in [6, 6.07) is 6.55. The third kappa shape index (κ3) is 4.90. The fraction of sp³-hybridized carbons (Fsp3) is 0.600. The van der Waals surface area contributed by atoms with E-state index in [-0.39, 0.29) is 24.5 Å². The Morgan fingerprint density at radius 2 is 1.95 bits per heavy atom. The molecule has 4 heteroatoms. The van der Waals surface area contributed by atoms with Crippen LogP contribution in [0.2, 0.25) is 0 Å². The lowest BCUT2D eigenvalue weighted by Gasteiger charge is -2.31. The van der Waals surface area contributed by atoms with E-state index >= 15 is 0 Å². The van der Waals surface area contributed by atoms with Crippen LogP contribution >= 0.6 is 0 Å². The van der Waals surface area contributed by atoms with Crippen molar-refractivity contribution < 1.29 is 9.50 Å². The molecule has 3 N–H and O–H groups in total. The monoisotopic (exact) mass is 268 g/mol. The minimum absolute atomic E-state index is 0.115. The molecule has 0 aliphatic heterocycles. The summed E-state index contributed by atoms with van der Waals surface area (Å²) in [5.41, 5.74) is 6.68. The number of halogens is 1. The fourth-order valence-corrected chi connectivity index (χ4v) is 2.43. The molecule has 0 amide bonds. The van der Waals surface area contributed by atoms with Crippen molar-refractivity contribution in [2.45, 2.75) is 38.3 Å². The van der Waals surface area contributed by atoms with Crippen LogP contribution < -0.4 is 5.73 Å². The lowest BCUT2D eigenvalue weighted by atomic mass is 9.98. The second kappa shape index (κ2) is 8.25. The van der Waals surface area contributed by atoms with Crippen LogP contribution in [0.5, 0.6) is 0 Å². The number of benzene rings is 1. The highest BCUT2D eigenvalue weighted by molar-refractivity contribution is 5.22. The largest absolute Gasteiger partial charge is 0.396 e. The lowest BCUT2D eigenvalue weighted by molar-refractivity contribution is 0.206. The first-order valence-corrected chi connectivity index (χ1v) is 6.89. The van der Waals surface area contributed by atoms with Crippen molar-refractivity contribution in [3.63, 3.8) is 0 Å². The van der Waals surface area contributed by atoms with Crippen molar-refractivity contribution in [2.75, 3.05) is 20.2 Å². The third-order valence-corrected chi connectivity index (χ3v) is 3.37. The molecule has 0 spiro atoms. The van der Waals surface area contributed by atoms with Crippen LogP contribution in [-0.4, -0.2) is 36.2 Å². The smallest absolute Gasteiger partial charge is 0.128 e. The number of rotatable bonds is 8. The summed E-state index contributed by atoms with van der Waals surface area (Å²) in [6.45, 7) is 2.98. The molecule has 3 nitrogen and oxygen atoms in total. The molecule has 0 radical (unpaired) electrons. The van der Waals surface area contributed by atoms with E-state index in [1.807, 2.05) is 20.0 Å². The Bertz CT molecular complexity index is 371. The van der Waals surface area contributed by atoms with Gasteiger partial charge in [0.05, 0.1) is 6.04 Å². The van der Waals surface area contributed by atoms with Crippen molar-refractivity contribution >= 4 is 0 Å². The molecule has 0 saturated carbocycles. The minimum atomic E-state index is -0.202. The summed E-state index contributed by atoms with van der Waals surface area (Å²) < 4.78 is 13.9. The molecule has 0 heterocycles. The second-order valence-corrected chi connectivity index (χ2v) is 5.09. The Morgan fingerprint density at radius 1 is 1.26 bits per heavy atom. The van der Waals surface area contributed by atoms with Crippen molar-refractivity contribution in [2.24, 2.45) is 5.73 Å². The van der Waals surface area contributed by atoms with Gasteiger partial charge in [-0.2, -0.15) is 0 Å². The zero-order valence-electron chi connectivity index (χ0n) is 11.8. The zero-order valence-corrected chi connectivity index (χ0v) is 11.8. The van der Waals surface area contributed by atoms with Gasteiger partial charge < -0.3 is 10.8 Å². The van der Waals surface area contributed by atoms with E-state index < -0.39 is 0 Å². The summed E-state index contributed by atoms with van der Waals surface area (Å²) in [5, 5.41) is 8.76. The van der Waals surface area contributed by atoms with Crippen LogP contribution in [-0.2, 0) is 0 Å². The molecule has 1 aromatic rings. The number of nitrogens with two attached hydrogens (primary N) is 1. The highest BCUT2D eigenvalue weighted by atomic mass is 19.1. The van der Waals surface area contributed by atoms with Gasteiger partial charge in [-0.05, 0) is 45.8 Å². The van der Waals surface area contributed by atoms with Crippen LogP contribution in [0.15, 0.2) is 24.3 Å². The van der Waals surface area contributed by atoms with Crippen LogP contribution in [0.25, 0.3) is 0 Å². The molecular weight excluding hydrogens is 243 g/mol. The topological polar surface area (TPSA) is 49.5 Å². The molecule has 1 rings (SSSR count). The summed E-state index contributed by atoms with van der Waals surface area (Å²) in [5.74, 6) is -0.202. The van der Waals surface area contributed by atoms with E-state index in [1.165, 1.54) is 6.07 Å². The van der Waals surface area contributed by atoms with Gasteiger partial charge in [-0.15, -0.1) is 0 Å². The maximum atomic E-state index is 13.9. The van der Waals surface area contributed by atoms with Crippen LogP contribution in [0.3, 0.4) is 0 Å². The zero-order chi connectivity index (χ0) is 14.3. The van der Waals surface area contributed by atoms with Gasteiger partial charge >= 0.3 is 0 Å². The third-order valence-electron chi connectivity index (χ3n) is 3.37. The maximum absolute atomic E-state index is 13.9. The van der Waals surface area contributed by atoms with E-state index in [9.17, 15) is 4.39 Å². The number of hydrogen-bond acceptors (Lipinski definition) is 3. The molecule has 1 aromatic carbocycles. The maximum Gasteiger partial charge on any atom is 0.128 e. The number of hydrogen-bond donors (Lipinski definition) is 2. The standard InChI is InChI=1S/C15H25FN2O/c1-12(17)15(13-8-4-5-9-14(13)16)18(2)10-6-3-7-11-19/h4-5,8-9,12,15,19H,3,6-7,10-11,17H2,1-2H3. The molecule has 0 saturated heterocycles. The molecule has 108 valence electrons. The Hall–Kier alpha value is -0.970. The summed E-state index contributed by atoms with van der Waals surface area (Å²) in [6.07, 6.45) is 2.77. The number of nitrogens with zero attached hydrogens (tertiary/aromatic N) is 1. The summed E-state index contributed by atoms with van der Waals surface area (Å²) >= 11 is 0. The van der Waals surface area contributed by atoms with E-state index in [4.69, 9.17) is 10.8 Å². The van der Waals surface area contributed by atoms with Gasteiger partial charge in [0, 0.05) is 18.2 Å². The first kappa shape index (κ1) is 16.1. The van der Waals surface area contributed by atoms with Crippen LogP contribution in [0, 0.1) is 5.82 Å².